The quantitative estimate of drug-likeness (QED) is 0.825. The second-order valence-electron chi connectivity index (χ2n) is 7.77. The molecule has 1 unspecified atom stereocenters. The first kappa shape index (κ1) is 17.3. The lowest BCUT2D eigenvalue weighted by atomic mass is 9.74. The van der Waals surface area contributed by atoms with Gasteiger partial charge in [-0.1, -0.05) is 24.3 Å². The average Bonchev–Trinajstić information content (AvgIpc) is 2.79. The third-order valence-electron chi connectivity index (χ3n) is 6.17. The first-order valence-electron chi connectivity index (χ1n) is 9.47. The monoisotopic (exact) mass is 352 g/mol. The minimum absolute atomic E-state index is 0.0342. The molecule has 0 saturated carbocycles. The van der Waals surface area contributed by atoms with Crippen LogP contribution in [0.4, 0.5) is 4.39 Å². The molecule has 1 saturated heterocycles. The molecule has 4 heteroatoms. The minimum atomic E-state index is -0.265. The van der Waals surface area contributed by atoms with Crippen LogP contribution in [0.25, 0.3) is 0 Å². The highest BCUT2D eigenvalue weighted by atomic mass is 19.1. The van der Waals surface area contributed by atoms with Crippen LogP contribution in [0.3, 0.4) is 0 Å². The number of carbonyl (C=O) groups is 1. The van der Waals surface area contributed by atoms with Crippen LogP contribution in [0, 0.1) is 11.7 Å². The van der Waals surface area contributed by atoms with E-state index in [2.05, 4.69) is 34.1 Å². The smallest absolute Gasteiger partial charge is 0.146 e. The Morgan fingerprint density at radius 1 is 1.23 bits per heavy atom. The van der Waals surface area contributed by atoms with Gasteiger partial charge in [-0.25, -0.2) is 4.39 Å². The molecule has 1 aliphatic carbocycles. The summed E-state index contributed by atoms with van der Waals surface area (Å²) < 4.78 is 13.8. The molecule has 0 amide bonds. The number of Topliss-reactive ketones (excluding diaryl/α,β-unsaturated/α-hetero) is 1. The van der Waals surface area contributed by atoms with Gasteiger partial charge < -0.3 is 0 Å². The van der Waals surface area contributed by atoms with Crippen LogP contribution in [-0.2, 0) is 17.6 Å². The highest BCUT2D eigenvalue weighted by molar-refractivity contribution is 5.81. The normalized spacial score (nSPS) is 25.9. The number of piperidine rings is 1. The molecule has 136 valence electrons. The number of nitrogens with zero attached hydrogens (tertiary/aromatic N) is 2. The maximum absolute atomic E-state index is 13.8. The van der Waals surface area contributed by atoms with Crippen molar-refractivity contribution < 1.29 is 9.18 Å². The number of likely N-dealkylation sites (N-methyl/N-ethyl adjacent to an activating group) is 1. The molecule has 2 aliphatic rings. The van der Waals surface area contributed by atoms with Crippen LogP contribution in [0.1, 0.15) is 48.1 Å². The maximum atomic E-state index is 13.8. The van der Waals surface area contributed by atoms with Crippen molar-refractivity contribution in [3.8, 4) is 0 Å². The summed E-state index contributed by atoms with van der Waals surface area (Å²) in [5.74, 6) is 0.445. The van der Waals surface area contributed by atoms with Gasteiger partial charge in [0, 0.05) is 5.92 Å². The number of hydrogen-bond acceptors (Lipinski definition) is 3. The largest absolute Gasteiger partial charge is 0.298 e. The summed E-state index contributed by atoms with van der Waals surface area (Å²) in [5, 5.41) is 0. The molecule has 26 heavy (non-hydrogen) atoms. The van der Waals surface area contributed by atoms with Crippen LogP contribution >= 0.6 is 0 Å². The van der Waals surface area contributed by atoms with E-state index in [1.807, 2.05) is 7.05 Å². The fourth-order valence-corrected chi connectivity index (χ4v) is 4.82. The van der Waals surface area contributed by atoms with E-state index in [4.69, 9.17) is 0 Å². The Hall–Kier alpha value is -2.07. The first-order chi connectivity index (χ1) is 12.5. The zero-order chi connectivity index (χ0) is 18.3. The van der Waals surface area contributed by atoms with Crippen LogP contribution in [0.5, 0.6) is 0 Å². The lowest BCUT2D eigenvalue weighted by molar-refractivity contribution is -0.123. The Kier molecular flexibility index (Phi) is 4.62. The Morgan fingerprint density at radius 2 is 2.00 bits per heavy atom. The molecule has 0 N–H and O–H groups in total. The van der Waals surface area contributed by atoms with Gasteiger partial charge in [-0.05, 0) is 74.9 Å². The zero-order valence-electron chi connectivity index (χ0n) is 15.4. The Bertz CT molecular complexity index is 835. The van der Waals surface area contributed by atoms with E-state index in [1.165, 1.54) is 17.3 Å². The summed E-state index contributed by atoms with van der Waals surface area (Å²) in [6, 6.07) is 10.2. The SMILES string of the molecule is CC(=O)[C@H]1CC([C@@H]2c3ccccc3CCc3cc(F)cnc32)CCN1C. The minimum Gasteiger partial charge on any atom is -0.298 e. The van der Waals surface area contributed by atoms with Gasteiger partial charge >= 0.3 is 0 Å². The lowest BCUT2D eigenvalue weighted by Crippen LogP contribution is -2.45. The number of benzene rings is 1. The molecular formula is C22H25FN2O. The highest BCUT2D eigenvalue weighted by Gasteiger charge is 2.37. The van der Waals surface area contributed by atoms with Crippen LogP contribution in [0.2, 0.25) is 0 Å². The predicted octanol–water partition coefficient (Wildman–Crippen LogP) is 3.75. The van der Waals surface area contributed by atoms with E-state index in [9.17, 15) is 9.18 Å². The van der Waals surface area contributed by atoms with Crippen molar-refractivity contribution in [2.24, 2.45) is 5.92 Å². The summed E-state index contributed by atoms with van der Waals surface area (Å²) in [5.41, 5.74) is 4.66. The van der Waals surface area contributed by atoms with Gasteiger partial charge in [0.05, 0.1) is 17.9 Å². The Morgan fingerprint density at radius 3 is 2.81 bits per heavy atom. The summed E-state index contributed by atoms with van der Waals surface area (Å²) >= 11 is 0. The number of hydrogen-bond donors (Lipinski definition) is 0. The van der Waals surface area contributed by atoms with Crippen molar-refractivity contribution in [2.45, 2.75) is 44.6 Å². The lowest BCUT2D eigenvalue weighted by Gasteiger charge is -2.39. The summed E-state index contributed by atoms with van der Waals surface area (Å²) in [7, 11) is 2.03. The van der Waals surface area contributed by atoms with Gasteiger partial charge in [0.2, 0.25) is 0 Å². The maximum Gasteiger partial charge on any atom is 0.146 e. The molecule has 1 aliphatic heterocycles. The highest BCUT2D eigenvalue weighted by Crippen LogP contribution is 2.43. The molecule has 0 bridgehead atoms. The third-order valence-corrected chi connectivity index (χ3v) is 6.17. The van der Waals surface area contributed by atoms with E-state index in [0.717, 1.165) is 43.5 Å². The number of aromatic nitrogens is 1. The number of aryl methyl sites for hydroxylation is 2. The van der Waals surface area contributed by atoms with Gasteiger partial charge in [0.15, 0.2) is 0 Å². The molecular weight excluding hydrogens is 327 g/mol. The van der Waals surface area contributed by atoms with Crippen molar-refractivity contribution in [3.05, 3.63) is 64.7 Å². The molecule has 1 fully saturated rings. The topological polar surface area (TPSA) is 33.2 Å². The first-order valence-corrected chi connectivity index (χ1v) is 9.47. The molecule has 0 radical (unpaired) electrons. The van der Waals surface area contributed by atoms with Gasteiger partial charge in [0.25, 0.3) is 0 Å². The van der Waals surface area contributed by atoms with Crippen LogP contribution in [0.15, 0.2) is 36.5 Å². The van der Waals surface area contributed by atoms with E-state index in [1.54, 1.807) is 13.0 Å². The standard InChI is InChI=1S/C22H25FN2O/c1-14(26)20-12-16(9-10-25(20)2)21-19-6-4-3-5-15(19)7-8-17-11-18(23)13-24-22(17)21/h3-6,11,13,16,20-21H,7-10,12H2,1-2H3/t16?,20-,21-/m1/s1. The number of fused-ring (bicyclic) bond motifs is 2. The van der Waals surface area contributed by atoms with Crippen molar-refractivity contribution in [1.29, 1.82) is 0 Å². The van der Waals surface area contributed by atoms with Crippen molar-refractivity contribution in [3.63, 3.8) is 0 Å². The number of carbonyl (C=O) groups excluding carboxylic acids is 1. The van der Waals surface area contributed by atoms with Gasteiger partial charge in [-0.15, -0.1) is 0 Å². The molecule has 3 nitrogen and oxygen atoms in total. The van der Waals surface area contributed by atoms with Crippen molar-refractivity contribution in [1.82, 2.24) is 9.88 Å². The molecule has 0 spiro atoms. The van der Waals surface area contributed by atoms with E-state index < -0.39 is 0 Å². The summed E-state index contributed by atoms with van der Waals surface area (Å²) in [6.07, 6.45) is 4.93. The average molecular weight is 352 g/mol. The van der Waals surface area contributed by atoms with Gasteiger partial charge in [-0.2, -0.15) is 0 Å². The molecule has 1 aromatic carbocycles. The predicted molar refractivity (Wildman–Crippen MR) is 99.7 cm³/mol. The Balaban J connectivity index is 1.80. The number of ketones is 1. The molecule has 2 heterocycles. The second-order valence-corrected chi connectivity index (χ2v) is 7.77. The number of rotatable bonds is 2. The number of halogens is 1. The molecule has 2 aromatic rings. The van der Waals surface area contributed by atoms with Crippen LogP contribution in [-0.4, -0.2) is 35.3 Å². The van der Waals surface area contributed by atoms with Gasteiger partial charge in [-0.3, -0.25) is 14.7 Å². The van der Waals surface area contributed by atoms with Crippen molar-refractivity contribution in [2.75, 3.05) is 13.6 Å². The number of pyridine rings is 1. The van der Waals surface area contributed by atoms with E-state index >= 15 is 0 Å². The molecule has 4 rings (SSSR count). The third kappa shape index (κ3) is 3.07. The zero-order valence-corrected chi connectivity index (χ0v) is 15.4. The fourth-order valence-electron chi connectivity index (χ4n) is 4.82. The number of likely N-dealkylation sites (tertiary alicyclic amines) is 1. The molecule has 3 atom stereocenters. The van der Waals surface area contributed by atoms with E-state index in [-0.39, 0.29) is 23.6 Å². The van der Waals surface area contributed by atoms with E-state index in [0.29, 0.717) is 5.92 Å². The fraction of sp³-hybridized carbons (Fsp3) is 0.455. The van der Waals surface area contributed by atoms with Gasteiger partial charge in [0.1, 0.15) is 11.6 Å². The second kappa shape index (κ2) is 6.92. The van der Waals surface area contributed by atoms with Crippen molar-refractivity contribution >= 4 is 5.78 Å². The van der Waals surface area contributed by atoms with Crippen LogP contribution < -0.4 is 0 Å². The summed E-state index contributed by atoms with van der Waals surface area (Å²) in [4.78, 5) is 18.9. The Labute approximate surface area is 154 Å². The summed E-state index contributed by atoms with van der Waals surface area (Å²) in [6.45, 7) is 2.59. The molecule has 1 aromatic heterocycles.